The van der Waals surface area contributed by atoms with Crippen molar-refractivity contribution in [2.24, 2.45) is 5.92 Å². The fourth-order valence-corrected chi connectivity index (χ4v) is 2.55. The second-order valence-electron chi connectivity index (χ2n) is 5.52. The summed E-state index contributed by atoms with van der Waals surface area (Å²) < 4.78 is 0. The number of piperidine rings is 1. The summed E-state index contributed by atoms with van der Waals surface area (Å²) in [4.78, 5) is 38.3. The molecule has 0 atom stereocenters. The van der Waals surface area contributed by atoms with Crippen molar-refractivity contribution in [3.63, 3.8) is 0 Å². The molecule has 1 aromatic carbocycles. The minimum absolute atomic E-state index is 0.00542. The zero-order valence-electron chi connectivity index (χ0n) is 12.6. The lowest BCUT2D eigenvalue weighted by Crippen LogP contribution is -2.45. The highest BCUT2D eigenvalue weighted by Crippen LogP contribution is 2.17. The van der Waals surface area contributed by atoms with Crippen LogP contribution in [-0.4, -0.2) is 59.4 Å². The van der Waals surface area contributed by atoms with E-state index in [-0.39, 0.29) is 24.3 Å². The van der Waals surface area contributed by atoms with Gasteiger partial charge in [-0.2, -0.15) is 0 Å². The van der Waals surface area contributed by atoms with E-state index in [1.807, 2.05) is 6.07 Å². The average Bonchev–Trinajstić information content (AvgIpc) is 2.54. The van der Waals surface area contributed by atoms with Gasteiger partial charge in [0.1, 0.15) is 0 Å². The standard InChI is InChI=1S/C16H20N2O4/c1-17(15(20)12-5-3-2-4-6-12)11-14(19)18-9-7-13(8-10-18)16(21)22/h2-6,13H,7-11H2,1H3,(H,21,22). The molecule has 1 N–H and O–H groups in total. The summed E-state index contributed by atoms with van der Waals surface area (Å²) in [5, 5.41) is 8.95. The van der Waals surface area contributed by atoms with Gasteiger partial charge >= 0.3 is 5.97 Å². The fourth-order valence-electron chi connectivity index (χ4n) is 2.55. The molecule has 0 aromatic heterocycles. The van der Waals surface area contributed by atoms with Crippen LogP contribution in [0.15, 0.2) is 30.3 Å². The van der Waals surface area contributed by atoms with Gasteiger partial charge < -0.3 is 14.9 Å². The van der Waals surface area contributed by atoms with Crippen molar-refractivity contribution < 1.29 is 19.5 Å². The molecular weight excluding hydrogens is 284 g/mol. The van der Waals surface area contributed by atoms with E-state index in [4.69, 9.17) is 5.11 Å². The molecule has 6 nitrogen and oxygen atoms in total. The Balaban J connectivity index is 1.87. The van der Waals surface area contributed by atoms with Gasteiger partial charge in [0.05, 0.1) is 12.5 Å². The van der Waals surface area contributed by atoms with Crippen LogP contribution in [0.4, 0.5) is 0 Å². The molecule has 0 spiro atoms. The van der Waals surface area contributed by atoms with Crippen LogP contribution in [0, 0.1) is 5.92 Å². The Kier molecular flexibility index (Phi) is 5.14. The molecule has 1 fully saturated rings. The molecule has 1 heterocycles. The van der Waals surface area contributed by atoms with Crippen LogP contribution in [0.3, 0.4) is 0 Å². The van der Waals surface area contributed by atoms with Crippen LogP contribution < -0.4 is 0 Å². The van der Waals surface area contributed by atoms with Gasteiger partial charge in [-0.15, -0.1) is 0 Å². The predicted octanol–water partition coefficient (Wildman–Crippen LogP) is 1.08. The number of carboxylic acids is 1. The molecular formula is C16H20N2O4. The molecule has 0 unspecified atom stereocenters. The van der Waals surface area contributed by atoms with Crippen molar-refractivity contribution in [2.45, 2.75) is 12.8 Å². The lowest BCUT2D eigenvalue weighted by Gasteiger charge is -2.31. The molecule has 118 valence electrons. The van der Waals surface area contributed by atoms with Crippen LogP contribution in [-0.2, 0) is 9.59 Å². The Bertz CT molecular complexity index is 551. The first kappa shape index (κ1) is 16.0. The molecule has 0 aliphatic carbocycles. The number of hydrogen-bond donors (Lipinski definition) is 1. The zero-order chi connectivity index (χ0) is 16.1. The van der Waals surface area contributed by atoms with E-state index in [9.17, 15) is 14.4 Å². The van der Waals surface area contributed by atoms with Gasteiger partial charge in [0.15, 0.2) is 0 Å². The van der Waals surface area contributed by atoms with E-state index in [1.165, 1.54) is 4.90 Å². The molecule has 0 bridgehead atoms. The maximum Gasteiger partial charge on any atom is 0.306 e. The van der Waals surface area contributed by atoms with Crippen LogP contribution >= 0.6 is 0 Å². The Morgan fingerprint density at radius 2 is 1.77 bits per heavy atom. The summed E-state index contributed by atoms with van der Waals surface area (Å²) in [5.41, 5.74) is 0.544. The smallest absolute Gasteiger partial charge is 0.306 e. The van der Waals surface area contributed by atoms with Crippen LogP contribution in [0.2, 0.25) is 0 Å². The van der Waals surface area contributed by atoms with Gasteiger partial charge in [0, 0.05) is 25.7 Å². The van der Waals surface area contributed by atoms with Crippen molar-refractivity contribution >= 4 is 17.8 Å². The van der Waals surface area contributed by atoms with Crippen molar-refractivity contribution in [2.75, 3.05) is 26.7 Å². The molecule has 1 aromatic rings. The highest BCUT2D eigenvalue weighted by atomic mass is 16.4. The van der Waals surface area contributed by atoms with E-state index in [1.54, 1.807) is 36.2 Å². The van der Waals surface area contributed by atoms with Gasteiger partial charge in [-0.05, 0) is 25.0 Å². The second-order valence-corrected chi connectivity index (χ2v) is 5.52. The third-order valence-corrected chi connectivity index (χ3v) is 3.94. The maximum absolute atomic E-state index is 12.2. The number of benzene rings is 1. The van der Waals surface area contributed by atoms with Crippen LogP contribution in [0.25, 0.3) is 0 Å². The minimum atomic E-state index is -0.802. The minimum Gasteiger partial charge on any atom is -0.481 e. The number of nitrogens with zero attached hydrogens (tertiary/aromatic N) is 2. The molecule has 1 saturated heterocycles. The second kappa shape index (κ2) is 7.06. The van der Waals surface area contributed by atoms with Gasteiger partial charge in [0.25, 0.3) is 5.91 Å². The van der Waals surface area contributed by atoms with Gasteiger partial charge in [-0.25, -0.2) is 0 Å². The Labute approximate surface area is 129 Å². The first-order chi connectivity index (χ1) is 10.5. The Morgan fingerprint density at radius 3 is 2.32 bits per heavy atom. The van der Waals surface area contributed by atoms with Gasteiger partial charge in [0.2, 0.25) is 5.91 Å². The number of rotatable bonds is 4. The topological polar surface area (TPSA) is 77.9 Å². The van der Waals surface area contributed by atoms with E-state index < -0.39 is 5.97 Å². The maximum atomic E-state index is 12.2. The molecule has 22 heavy (non-hydrogen) atoms. The van der Waals surface area contributed by atoms with E-state index in [0.717, 1.165) is 0 Å². The Hall–Kier alpha value is -2.37. The van der Waals surface area contributed by atoms with Crippen LogP contribution in [0.5, 0.6) is 0 Å². The SMILES string of the molecule is CN(CC(=O)N1CCC(C(=O)O)CC1)C(=O)c1ccccc1. The van der Waals surface area contributed by atoms with Gasteiger partial charge in [-0.1, -0.05) is 18.2 Å². The van der Waals surface area contributed by atoms with E-state index in [2.05, 4.69) is 0 Å². The fraction of sp³-hybridized carbons (Fsp3) is 0.438. The van der Waals surface area contributed by atoms with Crippen LogP contribution in [0.1, 0.15) is 23.2 Å². The molecule has 6 heteroatoms. The number of likely N-dealkylation sites (tertiary alicyclic amines) is 1. The lowest BCUT2D eigenvalue weighted by atomic mass is 9.97. The zero-order valence-corrected chi connectivity index (χ0v) is 12.6. The third-order valence-electron chi connectivity index (χ3n) is 3.94. The van der Waals surface area contributed by atoms with Gasteiger partial charge in [-0.3, -0.25) is 14.4 Å². The molecule has 0 saturated carbocycles. The highest BCUT2D eigenvalue weighted by molar-refractivity contribution is 5.96. The number of amides is 2. The van der Waals surface area contributed by atoms with Crippen molar-refractivity contribution in [3.05, 3.63) is 35.9 Å². The molecule has 2 rings (SSSR count). The van der Waals surface area contributed by atoms with E-state index >= 15 is 0 Å². The number of hydrogen-bond acceptors (Lipinski definition) is 3. The first-order valence-electron chi connectivity index (χ1n) is 7.30. The quantitative estimate of drug-likeness (QED) is 0.903. The number of aliphatic carboxylic acids is 1. The number of carbonyl (C=O) groups excluding carboxylic acids is 2. The lowest BCUT2D eigenvalue weighted by molar-refractivity contribution is -0.145. The average molecular weight is 304 g/mol. The first-order valence-corrected chi connectivity index (χ1v) is 7.30. The van der Waals surface area contributed by atoms with Crippen molar-refractivity contribution in [3.8, 4) is 0 Å². The number of carbonyl (C=O) groups is 3. The number of carboxylic acid groups (broad SMARTS) is 1. The van der Waals surface area contributed by atoms with Crippen molar-refractivity contribution in [1.29, 1.82) is 0 Å². The predicted molar refractivity (Wildman–Crippen MR) is 80.3 cm³/mol. The molecule has 1 aliphatic heterocycles. The number of likely N-dealkylation sites (N-methyl/N-ethyl adjacent to an activating group) is 1. The van der Waals surface area contributed by atoms with E-state index in [0.29, 0.717) is 31.5 Å². The summed E-state index contributed by atoms with van der Waals surface area (Å²) in [5.74, 6) is -1.51. The summed E-state index contributed by atoms with van der Waals surface area (Å²) in [7, 11) is 1.59. The molecule has 0 radical (unpaired) electrons. The normalized spacial score (nSPS) is 15.4. The van der Waals surface area contributed by atoms with Crippen molar-refractivity contribution in [1.82, 2.24) is 9.80 Å². The summed E-state index contributed by atoms with van der Waals surface area (Å²) in [6.45, 7) is 0.873. The summed E-state index contributed by atoms with van der Waals surface area (Å²) in [6.07, 6.45) is 0.939. The monoisotopic (exact) mass is 304 g/mol. The summed E-state index contributed by atoms with van der Waals surface area (Å²) >= 11 is 0. The molecule has 2 amide bonds. The molecule has 1 aliphatic rings. The Morgan fingerprint density at radius 1 is 1.18 bits per heavy atom. The largest absolute Gasteiger partial charge is 0.481 e. The highest BCUT2D eigenvalue weighted by Gasteiger charge is 2.27. The third kappa shape index (κ3) is 3.84. The summed E-state index contributed by atoms with van der Waals surface area (Å²) in [6, 6.07) is 8.80.